The minimum Gasteiger partial charge on any atom is -0.399 e. The number of nitrogen functional groups attached to an aromatic ring is 1. The molecule has 0 radical (unpaired) electrons. The van der Waals surface area contributed by atoms with Gasteiger partial charge < -0.3 is 11.1 Å². The molecular weight excluding hydrogens is 320 g/mol. The van der Waals surface area contributed by atoms with Crippen molar-refractivity contribution >= 4 is 37.4 Å². The molecule has 3 N–H and O–H groups in total. The van der Waals surface area contributed by atoms with Crippen LogP contribution in [-0.2, 0) is 9.84 Å². The zero-order valence-corrected chi connectivity index (χ0v) is 12.3. The quantitative estimate of drug-likeness (QED) is 0.791. The maximum atomic E-state index is 11.7. The van der Waals surface area contributed by atoms with Crippen molar-refractivity contribution in [3.63, 3.8) is 0 Å². The molecule has 0 fully saturated rings. The Kier molecular flexibility index (Phi) is 5.15. The normalized spacial score (nSPS) is 11.2. The van der Waals surface area contributed by atoms with Crippen LogP contribution in [0.25, 0.3) is 0 Å². The summed E-state index contributed by atoms with van der Waals surface area (Å²) >= 11 is 3.24. The molecule has 0 aliphatic heterocycles. The number of halogens is 1. The molecule has 0 atom stereocenters. The van der Waals surface area contributed by atoms with Gasteiger partial charge in [-0.2, -0.15) is 0 Å². The van der Waals surface area contributed by atoms with Crippen molar-refractivity contribution in [2.45, 2.75) is 6.92 Å². The number of sulfone groups is 1. The van der Waals surface area contributed by atoms with Gasteiger partial charge in [0, 0.05) is 28.0 Å². The summed E-state index contributed by atoms with van der Waals surface area (Å²) in [5.74, 6) is -0.319. The van der Waals surface area contributed by atoms with Crippen molar-refractivity contribution in [3.05, 3.63) is 28.2 Å². The smallest absolute Gasteiger partial charge is 0.251 e. The molecule has 18 heavy (non-hydrogen) atoms. The average Bonchev–Trinajstić information content (AvgIpc) is 2.27. The summed E-state index contributed by atoms with van der Waals surface area (Å²) in [6.45, 7) is 1.67. The molecule has 0 spiro atoms. The highest BCUT2D eigenvalue weighted by Crippen LogP contribution is 2.17. The number of carbonyl (C=O) groups is 1. The first-order valence-electron chi connectivity index (χ1n) is 5.39. The second-order valence-electron chi connectivity index (χ2n) is 3.77. The third kappa shape index (κ3) is 4.66. The van der Waals surface area contributed by atoms with E-state index < -0.39 is 9.84 Å². The Hall–Kier alpha value is -1.08. The van der Waals surface area contributed by atoms with Gasteiger partial charge in [-0.15, -0.1) is 0 Å². The van der Waals surface area contributed by atoms with Gasteiger partial charge in [0.15, 0.2) is 9.84 Å². The van der Waals surface area contributed by atoms with Crippen LogP contribution >= 0.6 is 15.9 Å². The van der Waals surface area contributed by atoms with Crippen molar-refractivity contribution in [1.29, 1.82) is 0 Å². The molecule has 0 heterocycles. The predicted octanol–water partition coefficient (Wildman–Crippen LogP) is 1.20. The summed E-state index contributed by atoms with van der Waals surface area (Å²) < 4.78 is 23.2. The Morgan fingerprint density at radius 3 is 2.61 bits per heavy atom. The Morgan fingerprint density at radius 2 is 2.06 bits per heavy atom. The maximum absolute atomic E-state index is 11.7. The first kappa shape index (κ1) is 15.0. The van der Waals surface area contributed by atoms with Gasteiger partial charge in [0.1, 0.15) is 0 Å². The first-order chi connectivity index (χ1) is 8.34. The van der Waals surface area contributed by atoms with Gasteiger partial charge in [-0.05, 0) is 18.2 Å². The number of rotatable bonds is 5. The van der Waals surface area contributed by atoms with Crippen LogP contribution in [0.1, 0.15) is 17.3 Å². The molecule has 0 unspecified atom stereocenters. The fourth-order valence-corrected chi connectivity index (χ4v) is 2.52. The van der Waals surface area contributed by atoms with Gasteiger partial charge in [0.25, 0.3) is 5.91 Å². The molecular formula is C11H15BrN2O3S. The molecule has 1 aromatic rings. The van der Waals surface area contributed by atoms with Crippen LogP contribution in [0.15, 0.2) is 22.7 Å². The van der Waals surface area contributed by atoms with Gasteiger partial charge in [-0.3, -0.25) is 4.79 Å². The second-order valence-corrected chi connectivity index (χ2v) is 7.15. The summed E-state index contributed by atoms with van der Waals surface area (Å²) in [5, 5.41) is 2.55. The summed E-state index contributed by atoms with van der Waals surface area (Å²) in [6, 6.07) is 4.84. The molecule has 1 amide bonds. The summed E-state index contributed by atoms with van der Waals surface area (Å²) in [4.78, 5) is 11.7. The molecule has 0 bridgehead atoms. The number of hydrogen-bond acceptors (Lipinski definition) is 4. The van der Waals surface area contributed by atoms with E-state index in [0.29, 0.717) is 15.7 Å². The Balaban J connectivity index is 2.61. The van der Waals surface area contributed by atoms with E-state index in [1.807, 2.05) is 0 Å². The highest BCUT2D eigenvalue weighted by Gasteiger charge is 2.10. The van der Waals surface area contributed by atoms with Gasteiger partial charge >= 0.3 is 0 Å². The minimum absolute atomic E-state index is 0.0568. The van der Waals surface area contributed by atoms with Crippen molar-refractivity contribution in [1.82, 2.24) is 5.32 Å². The van der Waals surface area contributed by atoms with Crippen LogP contribution in [0.4, 0.5) is 5.69 Å². The summed E-state index contributed by atoms with van der Waals surface area (Å²) in [6.07, 6.45) is 0. The topological polar surface area (TPSA) is 89.3 Å². The number of benzene rings is 1. The van der Waals surface area contributed by atoms with Gasteiger partial charge in [-0.25, -0.2) is 8.42 Å². The first-order valence-corrected chi connectivity index (χ1v) is 8.00. The van der Waals surface area contributed by atoms with E-state index in [0.717, 1.165) is 0 Å². The predicted molar refractivity (Wildman–Crippen MR) is 75.2 cm³/mol. The van der Waals surface area contributed by atoms with Crippen LogP contribution in [0.5, 0.6) is 0 Å². The third-order valence-corrected chi connectivity index (χ3v) is 4.48. The molecule has 0 aliphatic rings. The average molecular weight is 335 g/mol. The number of nitrogens with one attached hydrogen (secondary N) is 1. The van der Waals surface area contributed by atoms with Gasteiger partial charge in [0.05, 0.1) is 5.75 Å². The van der Waals surface area contributed by atoms with E-state index in [1.54, 1.807) is 19.1 Å². The highest BCUT2D eigenvalue weighted by molar-refractivity contribution is 9.10. The van der Waals surface area contributed by atoms with Crippen LogP contribution in [0.3, 0.4) is 0 Å². The SMILES string of the molecule is CCS(=O)(=O)CCNC(=O)c1cc(N)cc(Br)c1. The highest BCUT2D eigenvalue weighted by atomic mass is 79.9. The number of hydrogen-bond donors (Lipinski definition) is 2. The number of nitrogens with two attached hydrogens (primary N) is 1. The molecule has 100 valence electrons. The third-order valence-electron chi connectivity index (χ3n) is 2.32. The van der Waals surface area contributed by atoms with E-state index in [-0.39, 0.29) is 24.0 Å². The van der Waals surface area contributed by atoms with Crippen molar-refractivity contribution in [3.8, 4) is 0 Å². The van der Waals surface area contributed by atoms with Crippen LogP contribution in [0.2, 0.25) is 0 Å². The Morgan fingerprint density at radius 1 is 1.39 bits per heavy atom. The van der Waals surface area contributed by atoms with Crippen molar-refractivity contribution in [2.24, 2.45) is 0 Å². The lowest BCUT2D eigenvalue weighted by molar-refractivity contribution is 0.0956. The number of amides is 1. The number of anilines is 1. The summed E-state index contributed by atoms with van der Waals surface area (Å²) in [5.41, 5.74) is 6.48. The van der Waals surface area contributed by atoms with Crippen LogP contribution in [0, 0.1) is 0 Å². The Bertz CT molecular complexity index is 523. The maximum Gasteiger partial charge on any atom is 0.251 e. The van der Waals surface area contributed by atoms with Crippen molar-refractivity contribution in [2.75, 3.05) is 23.8 Å². The van der Waals surface area contributed by atoms with Crippen molar-refractivity contribution < 1.29 is 13.2 Å². The van der Waals surface area contributed by atoms with E-state index >= 15 is 0 Å². The van der Waals surface area contributed by atoms with Gasteiger partial charge in [0.2, 0.25) is 0 Å². The molecule has 1 rings (SSSR count). The molecule has 0 saturated carbocycles. The second kappa shape index (κ2) is 6.19. The molecule has 0 aromatic heterocycles. The van der Waals surface area contributed by atoms with E-state index in [4.69, 9.17) is 5.73 Å². The zero-order valence-electron chi connectivity index (χ0n) is 9.94. The molecule has 7 heteroatoms. The lowest BCUT2D eigenvalue weighted by Gasteiger charge is -2.06. The Labute approximate surface area is 115 Å². The summed E-state index contributed by atoms with van der Waals surface area (Å²) in [7, 11) is -3.06. The zero-order chi connectivity index (χ0) is 13.8. The van der Waals surface area contributed by atoms with Crippen LogP contribution < -0.4 is 11.1 Å². The lowest BCUT2D eigenvalue weighted by Crippen LogP contribution is -2.29. The lowest BCUT2D eigenvalue weighted by atomic mass is 10.2. The molecule has 0 saturated heterocycles. The molecule has 1 aromatic carbocycles. The van der Waals surface area contributed by atoms with E-state index in [2.05, 4.69) is 21.2 Å². The number of carbonyl (C=O) groups excluding carboxylic acids is 1. The molecule has 5 nitrogen and oxygen atoms in total. The molecule has 0 aliphatic carbocycles. The van der Waals surface area contributed by atoms with Gasteiger partial charge in [-0.1, -0.05) is 22.9 Å². The van der Waals surface area contributed by atoms with E-state index in [9.17, 15) is 13.2 Å². The minimum atomic E-state index is -3.06. The largest absolute Gasteiger partial charge is 0.399 e. The monoisotopic (exact) mass is 334 g/mol. The van der Waals surface area contributed by atoms with Crippen LogP contribution in [-0.4, -0.2) is 32.4 Å². The van der Waals surface area contributed by atoms with E-state index in [1.165, 1.54) is 6.07 Å². The fraction of sp³-hybridized carbons (Fsp3) is 0.364. The standard InChI is InChI=1S/C11H15BrN2O3S/c1-2-18(16,17)4-3-14-11(15)8-5-9(12)7-10(13)6-8/h5-7H,2-4,13H2,1H3,(H,14,15). The fourth-order valence-electron chi connectivity index (χ4n) is 1.31.